The average molecular weight is 465 g/mol. The van der Waals surface area contributed by atoms with Crippen LogP contribution < -0.4 is 0 Å². The van der Waals surface area contributed by atoms with Gasteiger partial charge in [-0.05, 0) is 69.0 Å². The Balaban J connectivity index is 2.30. The van der Waals surface area contributed by atoms with Gasteiger partial charge in [0.2, 0.25) is 0 Å². The minimum atomic E-state index is -1.02. The maximum absolute atomic E-state index is 12.3. The molecule has 4 rings (SSSR count). The van der Waals surface area contributed by atoms with Crippen molar-refractivity contribution in [3.05, 3.63) is 107 Å². The van der Waals surface area contributed by atoms with Crippen LogP contribution in [0.5, 0.6) is 0 Å². The summed E-state index contributed by atoms with van der Waals surface area (Å²) in [5.74, 6) is -1.88. The second-order valence-corrected chi connectivity index (χ2v) is 8.83. The van der Waals surface area contributed by atoms with E-state index in [-0.39, 0.29) is 17.0 Å². The number of aryl methyl sites for hydroxylation is 1. The highest BCUT2D eigenvalue weighted by Crippen LogP contribution is 2.47. The van der Waals surface area contributed by atoms with E-state index in [9.17, 15) is 19.8 Å². The molecule has 4 aromatic carbocycles. The zero-order chi connectivity index (χ0) is 25.1. The van der Waals surface area contributed by atoms with Crippen LogP contribution in [-0.2, 0) is 6.42 Å². The van der Waals surface area contributed by atoms with Crippen LogP contribution in [0.1, 0.15) is 58.5 Å². The van der Waals surface area contributed by atoms with Crippen LogP contribution >= 0.6 is 0 Å². The molecule has 4 aromatic rings. The zero-order valence-corrected chi connectivity index (χ0v) is 20.1. The number of hydrogen-bond donors (Lipinski definition) is 2. The number of benzene rings is 4. The molecule has 0 atom stereocenters. The predicted octanol–water partition coefficient (Wildman–Crippen LogP) is 7.77. The highest BCUT2D eigenvalue weighted by atomic mass is 16.4. The van der Waals surface area contributed by atoms with Crippen molar-refractivity contribution in [2.75, 3.05) is 0 Å². The molecular weight excluding hydrogens is 436 g/mol. The smallest absolute Gasteiger partial charge is 0.336 e. The Morgan fingerprint density at radius 2 is 1.17 bits per heavy atom. The standard InChI is InChI=1S/C31H28O4/c1-4-20-18-26(19(2)3)28(21-12-6-5-7-13-21)29(23-15-9-11-17-25(23)31(34)35)27(20)22-14-8-10-16-24(22)30(32)33/h5-19H,4H2,1-3H3,(H,32,33)(H,34,35). The van der Waals surface area contributed by atoms with Gasteiger partial charge in [0.05, 0.1) is 11.1 Å². The fourth-order valence-corrected chi connectivity index (χ4v) is 4.76. The van der Waals surface area contributed by atoms with Crippen LogP contribution in [-0.4, -0.2) is 22.2 Å². The molecule has 0 aliphatic carbocycles. The average Bonchev–Trinajstić information content (AvgIpc) is 2.87. The number of rotatable bonds is 7. The molecule has 0 aromatic heterocycles. The predicted molar refractivity (Wildman–Crippen MR) is 140 cm³/mol. The molecule has 0 aliphatic rings. The number of carboxylic acids is 2. The van der Waals surface area contributed by atoms with E-state index in [1.165, 1.54) is 0 Å². The maximum Gasteiger partial charge on any atom is 0.336 e. The van der Waals surface area contributed by atoms with Gasteiger partial charge in [0.25, 0.3) is 0 Å². The minimum absolute atomic E-state index is 0.162. The SMILES string of the molecule is CCc1cc(C(C)C)c(-c2ccccc2)c(-c2ccccc2C(=O)O)c1-c1ccccc1C(=O)O. The Kier molecular flexibility index (Phi) is 6.83. The first kappa shape index (κ1) is 24.0. The van der Waals surface area contributed by atoms with Crippen LogP contribution in [0, 0.1) is 0 Å². The number of carboxylic acid groups (broad SMARTS) is 2. The summed E-state index contributed by atoms with van der Waals surface area (Å²) in [6.45, 7) is 6.29. The molecule has 176 valence electrons. The Morgan fingerprint density at radius 3 is 1.66 bits per heavy atom. The number of aromatic carboxylic acids is 2. The molecule has 2 N–H and O–H groups in total. The maximum atomic E-state index is 12.3. The van der Waals surface area contributed by atoms with E-state index in [0.717, 1.165) is 33.4 Å². The topological polar surface area (TPSA) is 74.6 Å². The normalized spacial score (nSPS) is 11.0. The highest BCUT2D eigenvalue weighted by Gasteiger charge is 2.27. The molecule has 0 amide bonds. The molecular formula is C31H28O4. The first-order valence-electron chi connectivity index (χ1n) is 11.8. The number of hydrogen-bond acceptors (Lipinski definition) is 2. The highest BCUT2D eigenvalue weighted by molar-refractivity contribution is 6.07. The van der Waals surface area contributed by atoms with Crippen molar-refractivity contribution in [3.8, 4) is 33.4 Å². The minimum Gasteiger partial charge on any atom is -0.478 e. The van der Waals surface area contributed by atoms with Gasteiger partial charge >= 0.3 is 11.9 Å². The summed E-state index contributed by atoms with van der Waals surface area (Å²) < 4.78 is 0. The summed E-state index contributed by atoms with van der Waals surface area (Å²) >= 11 is 0. The van der Waals surface area contributed by atoms with E-state index in [1.807, 2.05) is 61.5 Å². The third-order valence-electron chi connectivity index (χ3n) is 6.36. The summed E-state index contributed by atoms with van der Waals surface area (Å²) in [6, 6.07) is 26.0. The second-order valence-electron chi connectivity index (χ2n) is 8.83. The van der Waals surface area contributed by atoms with Gasteiger partial charge in [-0.15, -0.1) is 0 Å². The van der Waals surface area contributed by atoms with Crippen molar-refractivity contribution in [2.45, 2.75) is 33.1 Å². The Labute approximate surface area is 205 Å². The molecule has 35 heavy (non-hydrogen) atoms. The van der Waals surface area contributed by atoms with Crippen molar-refractivity contribution in [3.63, 3.8) is 0 Å². The van der Waals surface area contributed by atoms with Crippen molar-refractivity contribution < 1.29 is 19.8 Å². The van der Waals surface area contributed by atoms with E-state index in [0.29, 0.717) is 17.5 Å². The third kappa shape index (κ3) is 4.47. The van der Waals surface area contributed by atoms with Gasteiger partial charge < -0.3 is 10.2 Å². The summed E-state index contributed by atoms with van der Waals surface area (Å²) in [5, 5.41) is 20.1. The quantitative estimate of drug-likeness (QED) is 0.293. The van der Waals surface area contributed by atoms with E-state index in [1.54, 1.807) is 24.3 Å². The molecule has 4 nitrogen and oxygen atoms in total. The van der Waals surface area contributed by atoms with Crippen LogP contribution in [0.4, 0.5) is 0 Å². The zero-order valence-electron chi connectivity index (χ0n) is 20.1. The second kappa shape index (κ2) is 9.98. The van der Waals surface area contributed by atoms with Crippen molar-refractivity contribution >= 4 is 11.9 Å². The Morgan fingerprint density at radius 1 is 0.686 bits per heavy atom. The van der Waals surface area contributed by atoms with Crippen molar-refractivity contribution in [1.29, 1.82) is 0 Å². The molecule has 0 bridgehead atoms. The van der Waals surface area contributed by atoms with Crippen LogP contribution in [0.2, 0.25) is 0 Å². The lowest BCUT2D eigenvalue weighted by atomic mass is 9.77. The van der Waals surface area contributed by atoms with E-state index < -0.39 is 11.9 Å². The van der Waals surface area contributed by atoms with Gasteiger partial charge in [0.1, 0.15) is 0 Å². The Hall–Kier alpha value is -4.18. The van der Waals surface area contributed by atoms with Gasteiger partial charge in [-0.1, -0.05) is 93.6 Å². The third-order valence-corrected chi connectivity index (χ3v) is 6.36. The van der Waals surface area contributed by atoms with Crippen LogP contribution in [0.3, 0.4) is 0 Å². The lowest BCUT2D eigenvalue weighted by Crippen LogP contribution is -2.08. The molecule has 0 fully saturated rings. The van der Waals surface area contributed by atoms with Crippen LogP contribution in [0.15, 0.2) is 84.9 Å². The van der Waals surface area contributed by atoms with E-state index in [2.05, 4.69) is 19.9 Å². The largest absolute Gasteiger partial charge is 0.478 e. The Bertz CT molecular complexity index is 1400. The van der Waals surface area contributed by atoms with Gasteiger partial charge in [0.15, 0.2) is 0 Å². The first-order chi connectivity index (χ1) is 16.8. The molecule has 0 heterocycles. The van der Waals surface area contributed by atoms with Gasteiger partial charge in [-0.25, -0.2) is 9.59 Å². The van der Waals surface area contributed by atoms with Crippen molar-refractivity contribution in [2.24, 2.45) is 0 Å². The summed E-state index contributed by atoms with van der Waals surface area (Å²) in [4.78, 5) is 24.6. The molecule has 0 unspecified atom stereocenters. The summed E-state index contributed by atoms with van der Waals surface area (Å²) in [7, 11) is 0. The fraction of sp³-hybridized carbons (Fsp3) is 0.161. The summed E-state index contributed by atoms with van der Waals surface area (Å²) in [6.07, 6.45) is 0.667. The van der Waals surface area contributed by atoms with E-state index >= 15 is 0 Å². The first-order valence-corrected chi connectivity index (χ1v) is 11.8. The van der Waals surface area contributed by atoms with Gasteiger partial charge in [-0.2, -0.15) is 0 Å². The summed E-state index contributed by atoms with van der Waals surface area (Å²) in [5.41, 5.74) is 7.02. The fourth-order valence-electron chi connectivity index (χ4n) is 4.76. The molecule has 0 saturated carbocycles. The van der Waals surface area contributed by atoms with Gasteiger partial charge in [0, 0.05) is 0 Å². The monoisotopic (exact) mass is 464 g/mol. The lowest BCUT2D eigenvalue weighted by Gasteiger charge is -2.26. The molecule has 0 aliphatic heterocycles. The lowest BCUT2D eigenvalue weighted by molar-refractivity contribution is 0.0686. The van der Waals surface area contributed by atoms with Crippen molar-refractivity contribution in [1.82, 2.24) is 0 Å². The van der Waals surface area contributed by atoms with Gasteiger partial charge in [-0.3, -0.25) is 0 Å². The molecule has 0 radical (unpaired) electrons. The number of carbonyl (C=O) groups is 2. The van der Waals surface area contributed by atoms with E-state index in [4.69, 9.17) is 0 Å². The molecule has 0 spiro atoms. The van der Waals surface area contributed by atoms with Crippen LogP contribution in [0.25, 0.3) is 33.4 Å². The molecule has 0 saturated heterocycles. The molecule has 4 heteroatoms.